The van der Waals surface area contributed by atoms with E-state index < -0.39 is 0 Å². The molecule has 0 aliphatic heterocycles. The molecule has 0 aliphatic rings. The minimum atomic E-state index is -0.331. The van der Waals surface area contributed by atoms with Crippen LogP contribution in [0.1, 0.15) is 23.3 Å². The molecular weight excluding hydrogens is 296 g/mol. The summed E-state index contributed by atoms with van der Waals surface area (Å²) in [6.45, 7) is 2.07. The van der Waals surface area contributed by atoms with Crippen molar-refractivity contribution in [3.05, 3.63) is 56.7 Å². The largest absolute Gasteiger partial charge is 0.392 e. The summed E-state index contributed by atoms with van der Waals surface area (Å²) in [5.74, 6) is 0.164. The molecule has 0 bridgehead atoms. The van der Waals surface area contributed by atoms with Crippen LogP contribution in [0.2, 0.25) is 0 Å². The van der Waals surface area contributed by atoms with Crippen LogP contribution in [0.5, 0.6) is 0 Å². The van der Waals surface area contributed by atoms with Gasteiger partial charge < -0.3 is 5.11 Å². The van der Waals surface area contributed by atoms with Crippen molar-refractivity contribution >= 4 is 27.3 Å². The van der Waals surface area contributed by atoms with Crippen LogP contribution in [0.4, 0.5) is 0 Å². The van der Waals surface area contributed by atoms with Gasteiger partial charge in [-0.25, -0.2) is 0 Å². The Bertz CT molecular complexity index is 466. The molecule has 17 heavy (non-hydrogen) atoms. The predicted octanol–water partition coefficient (Wildman–Crippen LogP) is 4.22. The molecule has 90 valence electrons. The van der Waals surface area contributed by atoms with Crippen molar-refractivity contribution in [3.63, 3.8) is 0 Å². The van der Waals surface area contributed by atoms with E-state index in [2.05, 4.69) is 46.4 Å². The van der Waals surface area contributed by atoms with Crippen LogP contribution in [0.25, 0.3) is 0 Å². The highest BCUT2D eigenvalue weighted by Crippen LogP contribution is 2.26. The number of halogens is 1. The molecule has 0 spiro atoms. The molecule has 0 saturated carbocycles. The molecule has 1 aromatic carbocycles. The van der Waals surface area contributed by atoms with Crippen LogP contribution >= 0.6 is 27.3 Å². The maximum absolute atomic E-state index is 10.2. The molecule has 2 rings (SSSR count). The first-order chi connectivity index (χ1) is 8.16. The van der Waals surface area contributed by atoms with E-state index in [9.17, 15) is 5.11 Å². The van der Waals surface area contributed by atoms with Gasteiger partial charge in [0, 0.05) is 27.1 Å². The molecule has 2 atom stereocenters. The lowest BCUT2D eigenvalue weighted by atomic mass is 9.93. The summed E-state index contributed by atoms with van der Waals surface area (Å²) < 4.78 is 1.09. The van der Waals surface area contributed by atoms with Crippen molar-refractivity contribution in [1.82, 2.24) is 0 Å². The zero-order valence-corrected chi connectivity index (χ0v) is 12.0. The summed E-state index contributed by atoms with van der Waals surface area (Å²) in [7, 11) is 0. The lowest BCUT2D eigenvalue weighted by Crippen LogP contribution is -2.18. The second-order valence-corrected chi connectivity index (χ2v) is 6.11. The lowest BCUT2D eigenvalue weighted by molar-refractivity contribution is 0.150. The number of hydrogen-bond acceptors (Lipinski definition) is 2. The van der Waals surface area contributed by atoms with Crippen LogP contribution in [-0.4, -0.2) is 11.2 Å². The molecule has 1 nitrogen and oxygen atoms in total. The Morgan fingerprint density at radius 3 is 2.59 bits per heavy atom. The molecule has 0 aliphatic carbocycles. The van der Waals surface area contributed by atoms with Gasteiger partial charge in [0.1, 0.15) is 0 Å². The van der Waals surface area contributed by atoms with Gasteiger partial charge in [0.2, 0.25) is 0 Å². The van der Waals surface area contributed by atoms with E-state index in [1.807, 2.05) is 18.2 Å². The first-order valence-corrected chi connectivity index (χ1v) is 7.30. The highest BCUT2D eigenvalue weighted by Gasteiger charge is 2.17. The minimum Gasteiger partial charge on any atom is -0.392 e. The SMILES string of the molecule is CC(c1ccccc1)C(O)Cc1cc(Br)cs1. The van der Waals surface area contributed by atoms with Gasteiger partial charge in [-0.05, 0) is 27.6 Å². The Kier molecular flexibility index (Phi) is 4.37. The summed E-state index contributed by atoms with van der Waals surface area (Å²) in [4.78, 5) is 1.21. The van der Waals surface area contributed by atoms with Crippen molar-refractivity contribution in [2.75, 3.05) is 0 Å². The fourth-order valence-electron chi connectivity index (χ4n) is 1.82. The zero-order chi connectivity index (χ0) is 12.3. The summed E-state index contributed by atoms with van der Waals surface area (Å²) in [5, 5.41) is 12.3. The fraction of sp³-hybridized carbons (Fsp3) is 0.286. The maximum atomic E-state index is 10.2. The van der Waals surface area contributed by atoms with Gasteiger partial charge in [-0.2, -0.15) is 0 Å². The Morgan fingerprint density at radius 2 is 2.00 bits per heavy atom. The van der Waals surface area contributed by atoms with E-state index in [4.69, 9.17) is 0 Å². The smallest absolute Gasteiger partial charge is 0.0654 e. The third kappa shape index (κ3) is 3.41. The van der Waals surface area contributed by atoms with Gasteiger partial charge in [-0.1, -0.05) is 37.3 Å². The molecule has 3 heteroatoms. The minimum absolute atomic E-state index is 0.164. The van der Waals surface area contributed by atoms with E-state index in [1.54, 1.807) is 11.3 Å². The average Bonchev–Trinajstić information content (AvgIpc) is 2.75. The van der Waals surface area contributed by atoms with Crippen LogP contribution in [0.3, 0.4) is 0 Å². The van der Waals surface area contributed by atoms with Crippen LogP contribution < -0.4 is 0 Å². The van der Waals surface area contributed by atoms with E-state index in [0.29, 0.717) is 6.42 Å². The molecule has 1 aromatic heterocycles. The van der Waals surface area contributed by atoms with Crippen molar-refractivity contribution in [3.8, 4) is 0 Å². The Balaban J connectivity index is 2.03. The predicted molar refractivity (Wildman–Crippen MR) is 76.6 cm³/mol. The van der Waals surface area contributed by atoms with E-state index in [0.717, 1.165) is 4.47 Å². The number of hydrogen-bond donors (Lipinski definition) is 1. The molecule has 1 N–H and O–H groups in total. The summed E-state index contributed by atoms with van der Waals surface area (Å²) >= 11 is 5.12. The number of thiophene rings is 1. The van der Waals surface area contributed by atoms with Crippen LogP contribution in [0, 0.1) is 0 Å². The average molecular weight is 311 g/mol. The first-order valence-electron chi connectivity index (χ1n) is 5.62. The fourth-order valence-corrected chi connectivity index (χ4v) is 3.32. The molecule has 0 radical (unpaired) electrons. The van der Waals surface area contributed by atoms with Gasteiger partial charge in [-0.15, -0.1) is 11.3 Å². The van der Waals surface area contributed by atoms with Crippen LogP contribution in [-0.2, 0) is 6.42 Å². The Labute approximate surface area is 114 Å². The van der Waals surface area contributed by atoms with Crippen molar-refractivity contribution in [2.45, 2.75) is 25.4 Å². The number of rotatable bonds is 4. The maximum Gasteiger partial charge on any atom is 0.0654 e. The first kappa shape index (κ1) is 12.8. The molecule has 2 unspecified atom stereocenters. The highest BCUT2D eigenvalue weighted by molar-refractivity contribution is 9.10. The summed E-state index contributed by atoms with van der Waals surface area (Å²) in [6.07, 6.45) is 0.384. The zero-order valence-electron chi connectivity index (χ0n) is 9.64. The Morgan fingerprint density at radius 1 is 1.29 bits per heavy atom. The third-order valence-electron chi connectivity index (χ3n) is 2.93. The molecular formula is C14H15BrOS. The van der Waals surface area contributed by atoms with Gasteiger partial charge in [0.05, 0.1) is 6.10 Å². The van der Waals surface area contributed by atoms with Gasteiger partial charge in [-0.3, -0.25) is 0 Å². The Hall–Kier alpha value is -0.640. The molecule has 0 saturated heterocycles. The van der Waals surface area contributed by atoms with E-state index >= 15 is 0 Å². The van der Waals surface area contributed by atoms with Crippen LogP contribution in [0.15, 0.2) is 46.3 Å². The molecule has 1 heterocycles. The highest BCUT2D eigenvalue weighted by atomic mass is 79.9. The molecule has 2 aromatic rings. The van der Waals surface area contributed by atoms with Crippen molar-refractivity contribution in [1.29, 1.82) is 0 Å². The van der Waals surface area contributed by atoms with Crippen molar-refractivity contribution < 1.29 is 5.11 Å². The monoisotopic (exact) mass is 310 g/mol. The second kappa shape index (κ2) is 5.80. The quantitative estimate of drug-likeness (QED) is 0.896. The van der Waals surface area contributed by atoms with Crippen molar-refractivity contribution in [2.24, 2.45) is 0 Å². The normalized spacial score (nSPS) is 14.5. The van der Waals surface area contributed by atoms with Gasteiger partial charge >= 0.3 is 0 Å². The molecule has 0 amide bonds. The number of aliphatic hydroxyl groups is 1. The van der Waals surface area contributed by atoms with Gasteiger partial charge in [0.15, 0.2) is 0 Å². The number of aliphatic hydroxyl groups excluding tert-OH is 1. The molecule has 0 fully saturated rings. The lowest BCUT2D eigenvalue weighted by Gasteiger charge is -2.18. The standard InChI is InChI=1S/C14H15BrOS/c1-10(11-5-3-2-4-6-11)14(16)8-13-7-12(15)9-17-13/h2-7,9-10,14,16H,8H2,1H3. The summed E-state index contributed by atoms with van der Waals surface area (Å²) in [5.41, 5.74) is 1.19. The number of benzene rings is 1. The second-order valence-electron chi connectivity index (χ2n) is 4.20. The van der Waals surface area contributed by atoms with E-state index in [1.165, 1.54) is 10.4 Å². The summed E-state index contributed by atoms with van der Waals surface area (Å²) in [6, 6.07) is 12.2. The third-order valence-corrected chi connectivity index (χ3v) is 4.65. The topological polar surface area (TPSA) is 20.2 Å². The van der Waals surface area contributed by atoms with Gasteiger partial charge in [0.25, 0.3) is 0 Å². The van der Waals surface area contributed by atoms with E-state index in [-0.39, 0.29) is 12.0 Å².